The molecule has 0 unspecified atom stereocenters. The van der Waals surface area contributed by atoms with E-state index in [4.69, 9.17) is 16.3 Å². The number of benzene rings is 2. The summed E-state index contributed by atoms with van der Waals surface area (Å²) in [5.74, 6) is -0.390. The van der Waals surface area contributed by atoms with E-state index in [2.05, 4.69) is 4.98 Å². The van der Waals surface area contributed by atoms with Crippen LogP contribution in [0.4, 0.5) is 4.39 Å². The van der Waals surface area contributed by atoms with Crippen molar-refractivity contribution in [1.82, 2.24) is 14.5 Å². The summed E-state index contributed by atoms with van der Waals surface area (Å²) in [6.07, 6.45) is 1.13. The Morgan fingerprint density at radius 3 is 2.66 bits per heavy atom. The molecule has 0 fully saturated rings. The number of aromatic nitrogens is 2. The first-order valence-corrected chi connectivity index (χ1v) is 12.3. The van der Waals surface area contributed by atoms with Crippen LogP contribution in [0.15, 0.2) is 42.5 Å². The van der Waals surface area contributed by atoms with Crippen LogP contribution in [0.5, 0.6) is 5.75 Å². The summed E-state index contributed by atoms with van der Waals surface area (Å²) in [5.41, 5.74) is 1.55. The number of imidazole rings is 1. The number of hydrogen-bond acceptors (Lipinski definition) is 5. The van der Waals surface area contributed by atoms with Gasteiger partial charge < -0.3 is 14.2 Å². The lowest BCUT2D eigenvalue weighted by molar-refractivity contribution is 0.0706. The molecule has 0 aliphatic carbocycles. The first kappa shape index (κ1) is 22.3. The highest BCUT2D eigenvalue weighted by molar-refractivity contribution is 7.89. The van der Waals surface area contributed by atoms with Gasteiger partial charge in [0.25, 0.3) is 5.91 Å². The number of halogens is 2. The van der Waals surface area contributed by atoms with Crippen molar-refractivity contribution in [2.24, 2.45) is 0 Å². The maximum atomic E-state index is 14.4. The Kier molecular flexibility index (Phi) is 5.96. The summed E-state index contributed by atoms with van der Waals surface area (Å²) in [7, 11) is -1.83. The Labute approximate surface area is 190 Å². The smallest absolute Gasteiger partial charge is 0.257 e. The van der Waals surface area contributed by atoms with Crippen LogP contribution in [0.2, 0.25) is 5.02 Å². The quantitative estimate of drug-likeness (QED) is 0.561. The van der Waals surface area contributed by atoms with E-state index < -0.39 is 21.6 Å². The van der Waals surface area contributed by atoms with Crippen molar-refractivity contribution in [2.45, 2.75) is 18.8 Å². The summed E-state index contributed by atoms with van der Waals surface area (Å²) < 4.78 is 45.9. The summed E-state index contributed by atoms with van der Waals surface area (Å²) in [5, 5.41) is -0.130. The highest BCUT2D eigenvalue weighted by Crippen LogP contribution is 2.33. The number of para-hydroxylation sites is 1. The number of fused-ring (bicyclic) bond motifs is 1. The van der Waals surface area contributed by atoms with E-state index >= 15 is 0 Å². The zero-order valence-corrected chi connectivity index (χ0v) is 19.1. The molecule has 168 valence electrons. The van der Waals surface area contributed by atoms with E-state index in [-0.39, 0.29) is 22.9 Å². The predicted octanol–water partition coefficient (Wildman–Crippen LogP) is 3.55. The average Bonchev–Trinajstić information content (AvgIpc) is 3.11. The van der Waals surface area contributed by atoms with Gasteiger partial charge in [0.2, 0.25) is 0 Å². The normalized spacial score (nSPS) is 13.7. The Bertz CT molecular complexity index is 1310. The van der Waals surface area contributed by atoms with Crippen LogP contribution in [-0.4, -0.2) is 48.7 Å². The van der Waals surface area contributed by atoms with Crippen LogP contribution in [0.25, 0.3) is 11.4 Å². The molecule has 1 amide bonds. The minimum atomic E-state index is -3.39. The SMILES string of the molecule is COc1ccccc1-c1nc(CS(C)(=O)=O)c2n1CCN(C(=O)c1cccc(Cl)c1F)C2. The van der Waals surface area contributed by atoms with Crippen molar-refractivity contribution < 1.29 is 22.3 Å². The van der Waals surface area contributed by atoms with Crippen molar-refractivity contribution in [3.63, 3.8) is 0 Å². The van der Waals surface area contributed by atoms with E-state index in [0.29, 0.717) is 36.1 Å². The summed E-state index contributed by atoms with van der Waals surface area (Å²) in [6.45, 7) is 0.764. The van der Waals surface area contributed by atoms with E-state index in [1.165, 1.54) is 23.1 Å². The van der Waals surface area contributed by atoms with E-state index in [1.54, 1.807) is 13.2 Å². The Hall–Kier alpha value is -2.91. The van der Waals surface area contributed by atoms with E-state index in [9.17, 15) is 17.6 Å². The second kappa shape index (κ2) is 8.55. The van der Waals surface area contributed by atoms with Gasteiger partial charge in [-0.3, -0.25) is 4.79 Å². The third-order valence-corrected chi connectivity index (χ3v) is 6.40. The highest BCUT2D eigenvalue weighted by Gasteiger charge is 2.30. The number of nitrogens with zero attached hydrogens (tertiary/aromatic N) is 3. The molecule has 0 bridgehead atoms. The summed E-state index contributed by atoms with van der Waals surface area (Å²) in [4.78, 5) is 19.1. The molecule has 3 aromatic rings. The summed E-state index contributed by atoms with van der Waals surface area (Å²) in [6, 6.07) is 11.6. The third kappa shape index (κ3) is 4.22. The first-order valence-electron chi connectivity index (χ1n) is 9.82. The van der Waals surface area contributed by atoms with Gasteiger partial charge in [-0.15, -0.1) is 0 Å². The Morgan fingerprint density at radius 2 is 1.94 bits per heavy atom. The number of carbonyl (C=O) groups is 1. The van der Waals surface area contributed by atoms with Crippen molar-refractivity contribution in [2.75, 3.05) is 19.9 Å². The monoisotopic (exact) mass is 477 g/mol. The van der Waals surface area contributed by atoms with Gasteiger partial charge in [-0.1, -0.05) is 29.8 Å². The van der Waals surface area contributed by atoms with Gasteiger partial charge in [-0.2, -0.15) is 0 Å². The molecule has 0 spiro atoms. The zero-order valence-electron chi connectivity index (χ0n) is 17.5. The molecule has 2 heterocycles. The molecule has 1 aliphatic heterocycles. The van der Waals surface area contributed by atoms with Crippen molar-refractivity contribution in [1.29, 1.82) is 0 Å². The van der Waals surface area contributed by atoms with Crippen LogP contribution in [-0.2, 0) is 28.7 Å². The molecular formula is C22H21ClFN3O4S. The molecule has 0 saturated carbocycles. The molecule has 0 atom stereocenters. The van der Waals surface area contributed by atoms with Crippen LogP contribution in [0.1, 0.15) is 21.7 Å². The number of sulfone groups is 1. The highest BCUT2D eigenvalue weighted by atomic mass is 35.5. The number of rotatable bonds is 5. The van der Waals surface area contributed by atoms with E-state index in [0.717, 1.165) is 11.8 Å². The van der Waals surface area contributed by atoms with Gasteiger partial charge in [0.15, 0.2) is 15.7 Å². The van der Waals surface area contributed by atoms with Crippen LogP contribution < -0.4 is 4.74 Å². The van der Waals surface area contributed by atoms with Gasteiger partial charge in [0.05, 0.1) is 46.9 Å². The second-order valence-electron chi connectivity index (χ2n) is 7.58. The molecule has 0 radical (unpaired) electrons. The number of amides is 1. The fraction of sp³-hybridized carbons (Fsp3) is 0.273. The lowest BCUT2D eigenvalue weighted by Gasteiger charge is -2.30. The van der Waals surface area contributed by atoms with Crippen LogP contribution >= 0.6 is 11.6 Å². The predicted molar refractivity (Wildman–Crippen MR) is 119 cm³/mol. The number of hydrogen-bond donors (Lipinski definition) is 0. The van der Waals surface area contributed by atoms with Crippen LogP contribution in [0, 0.1) is 5.82 Å². The molecule has 4 rings (SSSR count). The van der Waals surface area contributed by atoms with Crippen molar-refractivity contribution in [3.8, 4) is 17.1 Å². The van der Waals surface area contributed by atoms with E-state index in [1.807, 2.05) is 22.8 Å². The maximum Gasteiger partial charge on any atom is 0.257 e. The molecule has 0 saturated heterocycles. The fourth-order valence-corrected chi connectivity index (χ4v) is 4.75. The van der Waals surface area contributed by atoms with Crippen LogP contribution in [0.3, 0.4) is 0 Å². The minimum absolute atomic E-state index is 0.0950. The first-order chi connectivity index (χ1) is 15.2. The van der Waals surface area contributed by atoms with Crippen molar-refractivity contribution in [3.05, 3.63) is 70.3 Å². The molecule has 10 heteroatoms. The standard InChI is InChI=1S/C22H21ClFN3O4S/c1-31-19-9-4-3-6-14(19)21-25-17(13-32(2,29)30)18-12-26(10-11-27(18)21)22(28)15-7-5-8-16(23)20(15)24/h3-9H,10-13H2,1-2H3. The average molecular weight is 478 g/mol. The zero-order chi connectivity index (χ0) is 23.0. The fourth-order valence-electron chi connectivity index (χ4n) is 3.85. The Balaban J connectivity index is 1.77. The third-order valence-electron chi connectivity index (χ3n) is 5.31. The molecule has 0 N–H and O–H groups in total. The molecule has 7 nitrogen and oxygen atoms in total. The largest absolute Gasteiger partial charge is 0.496 e. The number of carbonyl (C=O) groups excluding carboxylic acids is 1. The molecule has 2 aromatic carbocycles. The molecule has 1 aromatic heterocycles. The Morgan fingerprint density at radius 1 is 1.19 bits per heavy atom. The van der Waals surface area contributed by atoms with Crippen molar-refractivity contribution >= 4 is 27.3 Å². The summed E-state index contributed by atoms with van der Waals surface area (Å²) >= 11 is 5.84. The number of methoxy groups -OCH3 is 1. The molecule has 1 aliphatic rings. The van der Waals surface area contributed by atoms with Gasteiger partial charge in [-0.25, -0.2) is 17.8 Å². The minimum Gasteiger partial charge on any atom is -0.496 e. The number of ether oxygens (including phenoxy) is 1. The molecular weight excluding hydrogens is 457 g/mol. The topological polar surface area (TPSA) is 81.5 Å². The van der Waals surface area contributed by atoms with Gasteiger partial charge in [-0.05, 0) is 24.3 Å². The lowest BCUT2D eigenvalue weighted by Crippen LogP contribution is -2.39. The maximum absolute atomic E-state index is 14.4. The lowest BCUT2D eigenvalue weighted by atomic mass is 10.1. The second-order valence-corrected chi connectivity index (χ2v) is 10.1. The molecule has 32 heavy (non-hydrogen) atoms. The van der Waals surface area contributed by atoms with Gasteiger partial charge in [0, 0.05) is 19.3 Å². The van der Waals surface area contributed by atoms with Gasteiger partial charge in [0.1, 0.15) is 11.6 Å². The van der Waals surface area contributed by atoms with Gasteiger partial charge >= 0.3 is 0 Å².